The zero-order valence-corrected chi connectivity index (χ0v) is 17.5. The maximum Gasteiger partial charge on any atom is 0.162 e. The molecule has 2 atom stereocenters. The number of hydrogen-bond acceptors (Lipinski definition) is 4. The first kappa shape index (κ1) is 18.8. The predicted octanol–water partition coefficient (Wildman–Crippen LogP) is 5.90. The van der Waals surface area contributed by atoms with Gasteiger partial charge in [-0.15, -0.1) is 0 Å². The number of aromatic hydroxyl groups is 1. The third-order valence-electron chi connectivity index (χ3n) is 6.69. The summed E-state index contributed by atoms with van der Waals surface area (Å²) in [7, 11) is 0. The Morgan fingerprint density at radius 3 is 2.47 bits per heavy atom. The van der Waals surface area contributed by atoms with E-state index in [-0.39, 0.29) is 23.4 Å². The van der Waals surface area contributed by atoms with Crippen molar-refractivity contribution in [2.75, 3.05) is 5.32 Å². The topological polar surface area (TPSA) is 62.2 Å². The van der Waals surface area contributed by atoms with Crippen molar-refractivity contribution in [3.8, 4) is 5.75 Å². The number of nitrogens with one attached hydrogen (secondary N) is 1. The fourth-order valence-electron chi connectivity index (χ4n) is 5.25. The van der Waals surface area contributed by atoms with Crippen molar-refractivity contribution in [3.05, 3.63) is 113 Å². The molecule has 1 aliphatic carbocycles. The lowest BCUT2D eigenvalue weighted by atomic mass is 9.71. The van der Waals surface area contributed by atoms with Crippen LogP contribution in [-0.2, 0) is 4.79 Å². The van der Waals surface area contributed by atoms with Crippen LogP contribution in [0.3, 0.4) is 0 Å². The largest absolute Gasteiger partial charge is 0.508 e. The van der Waals surface area contributed by atoms with Crippen LogP contribution in [-0.4, -0.2) is 15.9 Å². The summed E-state index contributed by atoms with van der Waals surface area (Å²) < 4.78 is 0. The number of ketones is 1. The summed E-state index contributed by atoms with van der Waals surface area (Å²) in [5, 5.41) is 14.5. The van der Waals surface area contributed by atoms with Gasteiger partial charge in [-0.2, -0.15) is 0 Å². The molecule has 0 radical (unpaired) electrons. The minimum atomic E-state index is -0.195. The van der Waals surface area contributed by atoms with Gasteiger partial charge in [-0.05, 0) is 59.4 Å². The molecule has 0 bridgehead atoms. The number of fused-ring (bicyclic) bond motifs is 3. The van der Waals surface area contributed by atoms with Gasteiger partial charge in [-0.1, -0.05) is 48.5 Å². The predicted molar refractivity (Wildman–Crippen MR) is 126 cm³/mol. The number of carbonyl (C=O) groups is 1. The smallest absolute Gasteiger partial charge is 0.162 e. The van der Waals surface area contributed by atoms with Gasteiger partial charge < -0.3 is 10.4 Å². The Morgan fingerprint density at radius 1 is 0.844 bits per heavy atom. The van der Waals surface area contributed by atoms with Crippen molar-refractivity contribution in [1.29, 1.82) is 0 Å². The number of rotatable bonds is 2. The van der Waals surface area contributed by atoms with Gasteiger partial charge in [0, 0.05) is 40.9 Å². The molecule has 0 fully saturated rings. The lowest BCUT2D eigenvalue weighted by Crippen LogP contribution is -2.30. The average Bonchev–Trinajstić information content (AvgIpc) is 2.83. The van der Waals surface area contributed by atoms with Crippen LogP contribution in [0.25, 0.3) is 10.9 Å². The minimum Gasteiger partial charge on any atom is -0.508 e. The molecule has 0 spiro atoms. The number of phenols is 1. The Balaban J connectivity index is 1.55. The van der Waals surface area contributed by atoms with Crippen LogP contribution >= 0.6 is 0 Å². The summed E-state index contributed by atoms with van der Waals surface area (Å²) in [6, 6.07) is 25.6. The number of nitrogens with zero attached hydrogens (tertiary/aromatic N) is 1. The molecule has 6 rings (SSSR count). The molecule has 4 nitrogen and oxygen atoms in total. The number of hydrogen-bond donors (Lipinski definition) is 2. The number of anilines is 1. The summed E-state index contributed by atoms with van der Waals surface area (Å²) in [5.41, 5.74) is 7.04. The molecule has 2 N–H and O–H groups in total. The highest BCUT2D eigenvalue weighted by atomic mass is 16.3. The van der Waals surface area contributed by atoms with Crippen LogP contribution in [0.2, 0.25) is 0 Å². The standard InChI is InChI=1S/C28H22N2O2/c31-20-10-8-18(9-11-20)26-27-21-7-4-14-29-22(21)12-13-23(27)30-24-15-19(16-25(32)28(24)26)17-5-2-1-3-6-17/h1-14,19,26,30-31H,15-16H2/t19-,26+/m1/s1. The molecule has 4 aromatic rings. The van der Waals surface area contributed by atoms with E-state index >= 15 is 0 Å². The number of aromatic nitrogens is 1. The number of carbonyl (C=O) groups excluding carboxylic acids is 1. The zero-order chi connectivity index (χ0) is 21.7. The second kappa shape index (κ2) is 7.34. The first-order chi connectivity index (χ1) is 15.7. The Morgan fingerprint density at radius 2 is 1.66 bits per heavy atom. The Labute approximate surface area is 186 Å². The van der Waals surface area contributed by atoms with Crippen molar-refractivity contribution >= 4 is 22.4 Å². The molecular formula is C28H22N2O2. The second-order valence-electron chi connectivity index (χ2n) is 8.58. The van der Waals surface area contributed by atoms with Crippen molar-refractivity contribution in [2.45, 2.75) is 24.7 Å². The van der Waals surface area contributed by atoms with Gasteiger partial charge in [-0.25, -0.2) is 0 Å². The zero-order valence-electron chi connectivity index (χ0n) is 17.5. The highest BCUT2D eigenvalue weighted by Gasteiger charge is 2.39. The maximum atomic E-state index is 13.6. The number of benzene rings is 3. The summed E-state index contributed by atoms with van der Waals surface area (Å²) >= 11 is 0. The first-order valence-electron chi connectivity index (χ1n) is 10.9. The van der Waals surface area contributed by atoms with Crippen LogP contribution in [0.5, 0.6) is 5.75 Å². The van der Waals surface area contributed by atoms with E-state index < -0.39 is 0 Å². The van der Waals surface area contributed by atoms with E-state index in [1.165, 1.54) is 5.56 Å². The van der Waals surface area contributed by atoms with E-state index in [2.05, 4.69) is 34.6 Å². The molecule has 0 unspecified atom stereocenters. The van der Waals surface area contributed by atoms with Crippen LogP contribution in [0.1, 0.15) is 41.4 Å². The first-order valence-corrected chi connectivity index (χ1v) is 10.9. The van der Waals surface area contributed by atoms with Crippen molar-refractivity contribution < 1.29 is 9.90 Å². The van der Waals surface area contributed by atoms with E-state index in [1.54, 1.807) is 18.3 Å². The molecule has 1 aromatic heterocycles. The van der Waals surface area contributed by atoms with E-state index in [9.17, 15) is 9.90 Å². The second-order valence-corrected chi connectivity index (χ2v) is 8.58. The monoisotopic (exact) mass is 418 g/mol. The summed E-state index contributed by atoms with van der Waals surface area (Å²) in [5.74, 6) is 0.367. The fourth-order valence-corrected chi connectivity index (χ4v) is 5.25. The molecule has 2 aliphatic rings. The Kier molecular flexibility index (Phi) is 4.32. The average molecular weight is 418 g/mol. The minimum absolute atomic E-state index is 0.166. The molecule has 0 saturated heterocycles. The molecule has 156 valence electrons. The van der Waals surface area contributed by atoms with Gasteiger partial charge in [0.15, 0.2) is 5.78 Å². The highest BCUT2D eigenvalue weighted by Crippen LogP contribution is 2.49. The third-order valence-corrected chi connectivity index (χ3v) is 6.69. The molecule has 0 amide bonds. The lowest BCUT2D eigenvalue weighted by molar-refractivity contribution is -0.116. The molecule has 3 aromatic carbocycles. The van der Waals surface area contributed by atoms with Gasteiger partial charge in [-0.3, -0.25) is 9.78 Å². The molecule has 32 heavy (non-hydrogen) atoms. The van der Waals surface area contributed by atoms with Gasteiger partial charge in [0.05, 0.1) is 5.52 Å². The number of Topliss-reactive ketones (excluding diaryl/α,β-unsaturated/α-hetero) is 1. The quantitative estimate of drug-likeness (QED) is 0.426. The van der Waals surface area contributed by atoms with Crippen LogP contribution in [0, 0.1) is 0 Å². The van der Waals surface area contributed by atoms with E-state index in [0.29, 0.717) is 6.42 Å². The van der Waals surface area contributed by atoms with Crippen LogP contribution in [0.15, 0.2) is 96.3 Å². The van der Waals surface area contributed by atoms with Gasteiger partial charge >= 0.3 is 0 Å². The van der Waals surface area contributed by atoms with Crippen LogP contribution < -0.4 is 5.32 Å². The SMILES string of the molecule is O=C1C[C@H](c2ccccc2)CC2=C1[C@@H](c1ccc(O)cc1)c1c(ccc3ncccc13)N2. The highest BCUT2D eigenvalue weighted by molar-refractivity contribution is 6.04. The van der Waals surface area contributed by atoms with Crippen molar-refractivity contribution in [2.24, 2.45) is 0 Å². The van der Waals surface area contributed by atoms with E-state index in [0.717, 1.165) is 45.4 Å². The maximum absolute atomic E-state index is 13.6. The van der Waals surface area contributed by atoms with E-state index in [4.69, 9.17) is 0 Å². The molecule has 1 aliphatic heterocycles. The summed E-state index contributed by atoms with van der Waals surface area (Å²) in [6.07, 6.45) is 3.09. The fraction of sp³-hybridized carbons (Fsp3) is 0.143. The number of pyridine rings is 1. The Bertz CT molecular complexity index is 1370. The lowest BCUT2D eigenvalue weighted by Gasteiger charge is -2.37. The number of phenolic OH excluding ortho intramolecular Hbond substituents is 1. The molecule has 0 saturated carbocycles. The number of allylic oxidation sites excluding steroid dienone is 2. The van der Waals surface area contributed by atoms with Crippen LogP contribution in [0.4, 0.5) is 5.69 Å². The Hall–Kier alpha value is -3.92. The van der Waals surface area contributed by atoms with Gasteiger partial charge in [0.1, 0.15) is 5.75 Å². The molecular weight excluding hydrogens is 396 g/mol. The normalized spacial score (nSPS) is 19.9. The molecule has 2 heterocycles. The summed E-state index contributed by atoms with van der Waals surface area (Å²) in [4.78, 5) is 18.2. The molecule has 4 heteroatoms. The third kappa shape index (κ3) is 2.99. The van der Waals surface area contributed by atoms with Gasteiger partial charge in [0.25, 0.3) is 0 Å². The van der Waals surface area contributed by atoms with E-state index in [1.807, 2.05) is 42.5 Å². The van der Waals surface area contributed by atoms with Gasteiger partial charge in [0.2, 0.25) is 0 Å². The van der Waals surface area contributed by atoms with Crippen molar-refractivity contribution in [3.63, 3.8) is 0 Å². The van der Waals surface area contributed by atoms with Crippen molar-refractivity contribution in [1.82, 2.24) is 4.98 Å². The summed E-state index contributed by atoms with van der Waals surface area (Å²) in [6.45, 7) is 0.